The number of hydrogen-bond donors (Lipinski definition) is 0. The van der Waals surface area contributed by atoms with E-state index in [4.69, 9.17) is 15.0 Å². The van der Waals surface area contributed by atoms with Crippen molar-refractivity contribution < 1.29 is 0 Å². The Bertz CT molecular complexity index is 3920. The van der Waals surface area contributed by atoms with Crippen molar-refractivity contribution in [2.45, 2.75) is 6.92 Å². The second kappa shape index (κ2) is 15.4. The average Bonchev–Trinajstić information content (AvgIpc) is 4.06. The highest BCUT2D eigenvalue weighted by atomic mass is 32.1. The minimum Gasteiger partial charge on any atom is -0.309 e. The molecule has 66 heavy (non-hydrogen) atoms. The van der Waals surface area contributed by atoms with E-state index in [0.29, 0.717) is 17.5 Å². The van der Waals surface area contributed by atoms with E-state index in [2.05, 4.69) is 174 Å². The van der Waals surface area contributed by atoms with Crippen LogP contribution in [0, 0.1) is 6.92 Å². The van der Waals surface area contributed by atoms with Gasteiger partial charge in [0.2, 0.25) is 0 Å². The maximum Gasteiger partial charge on any atom is 0.164 e. The molecule has 0 N–H and O–H groups in total. The van der Waals surface area contributed by atoms with Crippen LogP contribution in [-0.2, 0) is 0 Å². The van der Waals surface area contributed by atoms with E-state index in [9.17, 15) is 0 Å². The summed E-state index contributed by atoms with van der Waals surface area (Å²) in [6.07, 6.45) is 0. The first-order chi connectivity index (χ1) is 32.6. The van der Waals surface area contributed by atoms with Crippen molar-refractivity contribution in [1.82, 2.24) is 24.1 Å². The van der Waals surface area contributed by atoms with Gasteiger partial charge in [0.15, 0.2) is 17.5 Å². The topological polar surface area (TPSA) is 48.5 Å². The number of aryl methyl sites for hydroxylation is 1. The van der Waals surface area contributed by atoms with Crippen molar-refractivity contribution in [2.75, 3.05) is 0 Å². The van der Waals surface area contributed by atoms with Gasteiger partial charge >= 0.3 is 0 Å². The molecule has 0 saturated heterocycles. The van der Waals surface area contributed by atoms with Crippen LogP contribution in [-0.4, -0.2) is 24.1 Å². The number of fused-ring (bicyclic) bond motifs is 7. The third-order valence-corrected chi connectivity index (χ3v) is 14.0. The monoisotopic (exact) mass is 861 g/mol. The predicted octanol–water partition coefficient (Wildman–Crippen LogP) is 15.9. The van der Waals surface area contributed by atoms with Gasteiger partial charge in [-0.25, -0.2) is 15.0 Å². The first kappa shape index (κ1) is 38.0. The quantitative estimate of drug-likeness (QED) is 0.160. The molecule has 0 amide bonds. The van der Waals surface area contributed by atoms with Crippen molar-refractivity contribution in [1.29, 1.82) is 0 Å². The Morgan fingerprint density at radius 2 is 0.879 bits per heavy atom. The van der Waals surface area contributed by atoms with Crippen molar-refractivity contribution in [3.63, 3.8) is 0 Å². The Morgan fingerprint density at radius 1 is 0.348 bits per heavy atom. The molecule has 0 fully saturated rings. The molecular weight excluding hydrogens is 823 g/mol. The summed E-state index contributed by atoms with van der Waals surface area (Å²) in [5, 5.41) is 6.22. The molecule has 310 valence electrons. The lowest BCUT2D eigenvalue weighted by atomic mass is 9.97. The molecule has 13 rings (SSSR count). The molecule has 6 heteroatoms. The maximum absolute atomic E-state index is 4.97. The first-order valence-corrected chi connectivity index (χ1v) is 23.1. The summed E-state index contributed by atoms with van der Waals surface area (Å²) < 4.78 is 6.16. The molecule has 5 nitrogen and oxygen atoms in total. The van der Waals surface area contributed by atoms with Crippen LogP contribution in [0.4, 0.5) is 0 Å². The third-order valence-electron chi connectivity index (χ3n) is 12.9. The number of rotatable bonds is 7. The molecule has 0 spiro atoms. The SMILES string of the molecule is Cc1cc2c(-n3c4ccccc4c4cc(-c5ccc(-c6nc(-c7ccccc7)nc(-c7ccccc7)n6)cc5)ccc43)ccc(-c3cccc4c3c3ccccc3n4-c3ccccc3)c2s1. The van der Waals surface area contributed by atoms with E-state index < -0.39 is 0 Å². The molecule has 4 aromatic heterocycles. The van der Waals surface area contributed by atoms with E-state index in [1.165, 1.54) is 75.4 Å². The summed E-state index contributed by atoms with van der Waals surface area (Å²) in [6.45, 7) is 2.23. The summed E-state index contributed by atoms with van der Waals surface area (Å²) in [7, 11) is 0. The van der Waals surface area contributed by atoms with Crippen molar-refractivity contribution in [2.24, 2.45) is 0 Å². The second-order valence-corrected chi connectivity index (χ2v) is 18.1. The lowest BCUT2D eigenvalue weighted by Crippen LogP contribution is -2.00. The Morgan fingerprint density at radius 3 is 1.56 bits per heavy atom. The van der Waals surface area contributed by atoms with Crippen LogP contribution in [0.3, 0.4) is 0 Å². The number of benzene rings is 9. The summed E-state index contributed by atoms with van der Waals surface area (Å²) in [5.41, 5.74) is 14.7. The van der Waals surface area contributed by atoms with Gasteiger partial charge in [-0.1, -0.05) is 164 Å². The standard InChI is InChI=1S/C60H39N5S/c1-38-36-50-54(35-33-47(57(50)66-38)46-24-15-27-55-56(46)48-23-12-14-26-52(48)64(55)44-20-9-4-10-21-44)65-51-25-13-11-22-45(51)49-37-43(32-34-53(49)65)39-28-30-42(31-29-39)60-62-58(40-16-5-2-6-17-40)61-59(63-60)41-18-7-3-8-19-41/h2-37H,1H3. The largest absolute Gasteiger partial charge is 0.309 e. The van der Waals surface area contributed by atoms with Crippen LogP contribution >= 0.6 is 11.3 Å². The summed E-state index contributed by atoms with van der Waals surface area (Å²) >= 11 is 1.88. The fraction of sp³-hybridized carbons (Fsp3) is 0.0167. The Hall–Kier alpha value is -8.45. The number of aromatic nitrogens is 5. The Kier molecular flexibility index (Phi) is 8.86. The summed E-state index contributed by atoms with van der Waals surface area (Å²) in [6, 6.07) is 77.9. The third kappa shape index (κ3) is 6.18. The van der Waals surface area contributed by atoms with Gasteiger partial charge in [0.1, 0.15) is 0 Å². The molecule has 4 heterocycles. The molecule has 0 atom stereocenters. The Balaban J connectivity index is 0.920. The normalized spacial score (nSPS) is 11.7. The van der Waals surface area contributed by atoms with Crippen LogP contribution in [0.5, 0.6) is 0 Å². The van der Waals surface area contributed by atoms with Crippen LogP contribution < -0.4 is 0 Å². The van der Waals surface area contributed by atoms with E-state index in [1.807, 2.05) is 72.0 Å². The Labute approximate surface area is 385 Å². The number of nitrogens with zero attached hydrogens (tertiary/aromatic N) is 5. The maximum atomic E-state index is 4.97. The molecule has 9 aromatic carbocycles. The zero-order chi connectivity index (χ0) is 43.7. The molecule has 13 aromatic rings. The molecule has 0 radical (unpaired) electrons. The number of thiophene rings is 1. The second-order valence-electron chi connectivity index (χ2n) is 16.8. The summed E-state index contributed by atoms with van der Waals surface area (Å²) in [5.74, 6) is 1.95. The van der Waals surface area contributed by atoms with Crippen LogP contribution in [0.25, 0.3) is 121 Å². The van der Waals surface area contributed by atoms with Crippen molar-refractivity contribution >= 4 is 65.0 Å². The van der Waals surface area contributed by atoms with E-state index >= 15 is 0 Å². The summed E-state index contributed by atoms with van der Waals surface area (Å²) in [4.78, 5) is 16.1. The minimum atomic E-state index is 0.643. The van der Waals surface area contributed by atoms with E-state index in [1.54, 1.807) is 0 Å². The van der Waals surface area contributed by atoms with Gasteiger partial charge in [-0.15, -0.1) is 11.3 Å². The highest BCUT2D eigenvalue weighted by molar-refractivity contribution is 7.19. The fourth-order valence-electron chi connectivity index (χ4n) is 9.90. The van der Waals surface area contributed by atoms with Gasteiger partial charge in [0.25, 0.3) is 0 Å². The number of hydrogen-bond acceptors (Lipinski definition) is 4. The van der Waals surface area contributed by atoms with Gasteiger partial charge in [0, 0.05) is 64.4 Å². The molecule has 0 aliphatic heterocycles. The number of para-hydroxylation sites is 3. The van der Waals surface area contributed by atoms with Crippen molar-refractivity contribution in [3.05, 3.63) is 223 Å². The highest BCUT2D eigenvalue weighted by Crippen LogP contribution is 2.45. The lowest BCUT2D eigenvalue weighted by molar-refractivity contribution is 1.07. The molecule has 0 saturated carbocycles. The van der Waals surface area contributed by atoms with E-state index in [0.717, 1.165) is 33.5 Å². The molecule has 0 unspecified atom stereocenters. The highest BCUT2D eigenvalue weighted by Gasteiger charge is 2.22. The first-order valence-electron chi connectivity index (χ1n) is 22.3. The van der Waals surface area contributed by atoms with E-state index in [-0.39, 0.29) is 0 Å². The minimum absolute atomic E-state index is 0.643. The smallest absolute Gasteiger partial charge is 0.164 e. The van der Waals surface area contributed by atoms with Gasteiger partial charge in [-0.2, -0.15) is 0 Å². The zero-order valence-electron chi connectivity index (χ0n) is 35.9. The fourth-order valence-corrected chi connectivity index (χ4v) is 11.0. The van der Waals surface area contributed by atoms with Crippen LogP contribution in [0.15, 0.2) is 218 Å². The predicted molar refractivity (Wildman–Crippen MR) is 276 cm³/mol. The lowest BCUT2D eigenvalue weighted by Gasteiger charge is -2.14. The van der Waals surface area contributed by atoms with Gasteiger partial charge in [0.05, 0.1) is 27.8 Å². The van der Waals surface area contributed by atoms with Crippen molar-refractivity contribution in [3.8, 4) is 67.8 Å². The van der Waals surface area contributed by atoms with Gasteiger partial charge in [-0.05, 0) is 78.2 Å². The zero-order valence-corrected chi connectivity index (χ0v) is 36.7. The average molecular weight is 862 g/mol. The molecule has 0 aliphatic rings. The molecular formula is C60H39N5S. The molecule has 0 bridgehead atoms. The van der Waals surface area contributed by atoms with Gasteiger partial charge < -0.3 is 9.13 Å². The van der Waals surface area contributed by atoms with Crippen LogP contribution in [0.2, 0.25) is 0 Å². The molecule has 0 aliphatic carbocycles. The van der Waals surface area contributed by atoms with Crippen LogP contribution in [0.1, 0.15) is 4.88 Å². The van der Waals surface area contributed by atoms with Gasteiger partial charge in [-0.3, -0.25) is 0 Å².